The number of halogens is 2. The van der Waals surface area contributed by atoms with Crippen molar-refractivity contribution < 1.29 is 4.79 Å². The van der Waals surface area contributed by atoms with Crippen molar-refractivity contribution in [2.24, 2.45) is 7.05 Å². The zero-order valence-electron chi connectivity index (χ0n) is 9.72. The number of hydrogen-bond donors (Lipinski definition) is 1. The van der Waals surface area contributed by atoms with Crippen LogP contribution in [-0.2, 0) is 7.05 Å². The van der Waals surface area contributed by atoms with E-state index in [0.717, 1.165) is 0 Å². The number of hydrogen-bond acceptors (Lipinski definition) is 4. The molecule has 1 N–H and O–H groups in total. The fourth-order valence-electron chi connectivity index (χ4n) is 1.32. The lowest BCUT2D eigenvalue weighted by molar-refractivity contribution is 0.102. The maximum atomic E-state index is 11.9. The molecule has 0 saturated heterocycles. The van der Waals surface area contributed by atoms with Gasteiger partial charge in [0, 0.05) is 24.9 Å². The summed E-state index contributed by atoms with van der Waals surface area (Å²) in [6.07, 6.45) is 2.67. The number of pyridine rings is 1. The summed E-state index contributed by atoms with van der Waals surface area (Å²) in [5, 5.41) is 2.52. The minimum absolute atomic E-state index is 0.0252. The van der Waals surface area contributed by atoms with E-state index in [1.54, 1.807) is 7.05 Å². The highest BCUT2D eigenvalue weighted by Crippen LogP contribution is 2.25. The fraction of sp³-hybridized carbons (Fsp3) is 0.0909. The van der Waals surface area contributed by atoms with Gasteiger partial charge in [0.25, 0.3) is 11.5 Å². The molecule has 0 spiro atoms. The minimum atomic E-state index is -0.517. The lowest BCUT2D eigenvalue weighted by atomic mass is 10.2. The summed E-state index contributed by atoms with van der Waals surface area (Å²) in [6.45, 7) is 0. The van der Waals surface area contributed by atoms with Crippen molar-refractivity contribution >= 4 is 34.8 Å². The van der Waals surface area contributed by atoms with E-state index in [0.29, 0.717) is 0 Å². The summed E-state index contributed by atoms with van der Waals surface area (Å²) in [6, 6.07) is 2.71. The molecule has 0 bridgehead atoms. The lowest BCUT2D eigenvalue weighted by Gasteiger charge is -2.07. The second kappa shape index (κ2) is 5.38. The third kappa shape index (κ3) is 2.91. The Bertz CT molecular complexity index is 679. The number of nitrogens with zero attached hydrogens (tertiary/aromatic N) is 3. The third-order valence-corrected chi connectivity index (χ3v) is 2.93. The first-order valence-corrected chi connectivity index (χ1v) is 5.88. The molecule has 0 aliphatic rings. The molecule has 2 aromatic rings. The van der Waals surface area contributed by atoms with Crippen molar-refractivity contribution in [2.45, 2.75) is 0 Å². The summed E-state index contributed by atoms with van der Waals surface area (Å²) in [5.74, 6) is -0.517. The fourth-order valence-corrected chi connectivity index (χ4v) is 1.73. The predicted molar refractivity (Wildman–Crippen MR) is 71.7 cm³/mol. The quantitative estimate of drug-likeness (QED) is 0.857. The van der Waals surface area contributed by atoms with Gasteiger partial charge < -0.3 is 9.88 Å². The number of amides is 1. The van der Waals surface area contributed by atoms with Crippen molar-refractivity contribution in [3.8, 4) is 0 Å². The van der Waals surface area contributed by atoms with Gasteiger partial charge in [-0.25, -0.2) is 9.97 Å². The molecule has 98 valence electrons. The Morgan fingerprint density at radius 1 is 1.32 bits per heavy atom. The van der Waals surface area contributed by atoms with Crippen molar-refractivity contribution in [1.82, 2.24) is 14.5 Å². The van der Waals surface area contributed by atoms with Crippen LogP contribution in [0.3, 0.4) is 0 Å². The Morgan fingerprint density at radius 3 is 2.53 bits per heavy atom. The normalized spacial score (nSPS) is 10.3. The SMILES string of the molecule is Cn1ccc(C(=O)Nc2c(Cl)ncnc2Cl)cc1=O. The first-order valence-electron chi connectivity index (χ1n) is 5.13. The smallest absolute Gasteiger partial charge is 0.256 e. The molecule has 0 aromatic carbocycles. The van der Waals surface area contributed by atoms with Crippen molar-refractivity contribution in [3.63, 3.8) is 0 Å². The molecule has 0 aliphatic carbocycles. The van der Waals surface area contributed by atoms with Gasteiger partial charge in [0.15, 0.2) is 10.3 Å². The topological polar surface area (TPSA) is 76.9 Å². The largest absolute Gasteiger partial charge is 0.319 e. The van der Waals surface area contributed by atoms with Gasteiger partial charge in [-0.15, -0.1) is 0 Å². The Balaban J connectivity index is 2.31. The maximum Gasteiger partial charge on any atom is 0.256 e. The van der Waals surface area contributed by atoms with E-state index < -0.39 is 5.91 Å². The number of carbonyl (C=O) groups is 1. The Kier molecular flexibility index (Phi) is 3.82. The van der Waals surface area contributed by atoms with Gasteiger partial charge >= 0.3 is 0 Å². The predicted octanol–water partition coefficient (Wildman–Crippen LogP) is 1.73. The Labute approximate surface area is 118 Å². The second-order valence-electron chi connectivity index (χ2n) is 3.65. The van der Waals surface area contributed by atoms with Gasteiger partial charge in [-0.05, 0) is 6.07 Å². The van der Waals surface area contributed by atoms with Crippen LogP contribution in [0.2, 0.25) is 10.3 Å². The molecular weight excluding hydrogens is 291 g/mol. The molecule has 0 unspecified atom stereocenters. The van der Waals surface area contributed by atoms with E-state index in [9.17, 15) is 9.59 Å². The number of rotatable bonds is 2. The molecule has 19 heavy (non-hydrogen) atoms. The van der Waals surface area contributed by atoms with E-state index in [2.05, 4.69) is 15.3 Å². The van der Waals surface area contributed by atoms with Crippen LogP contribution < -0.4 is 10.9 Å². The van der Waals surface area contributed by atoms with E-state index in [1.165, 1.54) is 29.2 Å². The number of aryl methyl sites for hydroxylation is 1. The number of carbonyl (C=O) groups excluding carboxylic acids is 1. The molecule has 0 saturated carbocycles. The average Bonchev–Trinajstić information content (AvgIpc) is 2.37. The Hall–Kier alpha value is -1.92. The Morgan fingerprint density at radius 2 is 1.95 bits per heavy atom. The molecule has 8 heteroatoms. The number of aromatic nitrogens is 3. The van der Waals surface area contributed by atoms with Crippen molar-refractivity contribution in [1.29, 1.82) is 0 Å². The van der Waals surface area contributed by atoms with Crippen LogP contribution in [0.4, 0.5) is 5.69 Å². The molecule has 0 aliphatic heterocycles. The van der Waals surface area contributed by atoms with Gasteiger partial charge in [0.2, 0.25) is 0 Å². The zero-order chi connectivity index (χ0) is 14.0. The van der Waals surface area contributed by atoms with E-state index in [-0.39, 0.29) is 27.1 Å². The van der Waals surface area contributed by atoms with Crippen molar-refractivity contribution in [2.75, 3.05) is 5.32 Å². The first kappa shape index (κ1) is 13.5. The molecule has 1 amide bonds. The molecule has 2 heterocycles. The lowest BCUT2D eigenvalue weighted by Crippen LogP contribution is -2.20. The van der Waals surface area contributed by atoms with Crippen LogP contribution in [0, 0.1) is 0 Å². The van der Waals surface area contributed by atoms with Crippen LogP contribution >= 0.6 is 23.2 Å². The molecular formula is C11H8Cl2N4O2. The molecule has 0 radical (unpaired) electrons. The van der Waals surface area contributed by atoms with Crippen LogP contribution in [-0.4, -0.2) is 20.4 Å². The van der Waals surface area contributed by atoms with Crippen LogP contribution in [0.5, 0.6) is 0 Å². The monoisotopic (exact) mass is 298 g/mol. The van der Waals surface area contributed by atoms with Gasteiger partial charge in [0.05, 0.1) is 0 Å². The third-order valence-electron chi connectivity index (χ3n) is 2.36. The summed E-state index contributed by atoms with van der Waals surface area (Å²) in [7, 11) is 1.59. The maximum absolute atomic E-state index is 11.9. The van der Waals surface area contributed by atoms with Crippen LogP contribution in [0.15, 0.2) is 29.5 Å². The van der Waals surface area contributed by atoms with E-state index in [4.69, 9.17) is 23.2 Å². The summed E-state index contributed by atoms with van der Waals surface area (Å²) < 4.78 is 1.35. The minimum Gasteiger partial charge on any atom is -0.319 e. The van der Waals surface area contributed by atoms with Crippen molar-refractivity contribution in [3.05, 3.63) is 50.9 Å². The van der Waals surface area contributed by atoms with Crippen LogP contribution in [0.1, 0.15) is 10.4 Å². The van der Waals surface area contributed by atoms with Gasteiger partial charge in [0.1, 0.15) is 12.0 Å². The standard InChI is InChI=1S/C11H8Cl2N4O2/c1-17-3-2-6(4-7(17)18)11(19)16-8-9(12)14-5-15-10(8)13/h2-5H,1H3,(H,16,19). The van der Waals surface area contributed by atoms with Crippen LogP contribution in [0.25, 0.3) is 0 Å². The number of anilines is 1. The van der Waals surface area contributed by atoms with Gasteiger partial charge in [-0.3, -0.25) is 9.59 Å². The van der Waals surface area contributed by atoms with E-state index >= 15 is 0 Å². The summed E-state index contributed by atoms with van der Waals surface area (Å²) >= 11 is 11.6. The average molecular weight is 299 g/mol. The first-order chi connectivity index (χ1) is 8.99. The van der Waals surface area contributed by atoms with Gasteiger partial charge in [-0.2, -0.15) is 0 Å². The molecule has 0 fully saturated rings. The molecule has 6 nitrogen and oxygen atoms in total. The highest BCUT2D eigenvalue weighted by atomic mass is 35.5. The number of nitrogens with one attached hydrogen (secondary N) is 1. The zero-order valence-corrected chi connectivity index (χ0v) is 11.2. The molecule has 0 atom stereocenters. The summed E-state index contributed by atoms with van der Waals surface area (Å²) in [5.41, 5.74) is 0.00440. The highest BCUT2D eigenvalue weighted by Gasteiger charge is 2.13. The highest BCUT2D eigenvalue weighted by molar-refractivity contribution is 6.38. The van der Waals surface area contributed by atoms with E-state index in [1.807, 2.05) is 0 Å². The van der Waals surface area contributed by atoms with Gasteiger partial charge in [-0.1, -0.05) is 23.2 Å². The molecule has 2 rings (SSSR count). The second-order valence-corrected chi connectivity index (χ2v) is 4.36. The molecule has 2 aromatic heterocycles. The summed E-state index contributed by atoms with van der Waals surface area (Å²) in [4.78, 5) is 30.8.